The minimum Gasteiger partial charge on any atom is -0.468 e. The lowest BCUT2D eigenvalue weighted by Crippen LogP contribution is -2.36. The van der Waals surface area contributed by atoms with Gasteiger partial charge in [-0.1, -0.05) is 6.08 Å². The standard InChI is InChI=1S/C7H11NO2.ClH/c1-3-5-4-7(5,8)6(9)10-2;/h3,5H,1,4,8H2,2H3;1H. The van der Waals surface area contributed by atoms with Crippen LogP contribution in [0.25, 0.3) is 0 Å². The van der Waals surface area contributed by atoms with Gasteiger partial charge in [-0.2, -0.15) is 0 Å². The van der Waals surface area contributed by atoms with Gasteiger partial charge in [-0.25, -0.2) is 0 Å². The summed E-state index contributed by atoms with van der Waals surface area (Å²) in [5.74, 6) is -0.225. The molecule has 64 valence electrons. The molecule has 1 aliphatic carbocycles. The van der Waals surface area contributed by atoms with Gasteiger partial charge >= 0.3 is 5.97 Å². The quantitative estimate of drug-likeness (QED) is 0.493. The lowest BCUT2D eigenvalue weighted by molar-refractivity contribution is -0.143. The molecule has 2 unspecified atom stereocenters. The molecule has 11 heavy (non-hydrogen) atoms. The summed E-state index contributed by atoms with van der Waals surface area (Å²) in [4.78, 5) is 10.9. The minimum atomic E-state index is -0.753. The average Bonchev–Trinajstić information content (AvgIpc) is 2.61. The lowest BCUT2D eigenvalue weighted by Gasteiger charge is -2.05. The van der Waals surface area contributed by atoms with Crippen molar-refractivity contribution in [3.8, 4) is 0 Å². The van der Waals surface area contributed by atoms with Gasteiger partial charge in [0.1, 0.15) is 5.54 Å². The molecular formula is C7H12ClNO2. The Hall–Kier alpha value is -0.540. The molecule has 1 aliphatic rings. The van der Waals surface area contributed by atoms with Crippen LogP contribution in [0.15, 0.2) is 12.7 Å². The van der Waals surface area contributed by atoms with Crippen molar-refractivity contribution in [2.24, 2.45) is 11.7 Å². The number of methoxy groups -OCH3 is 1. The summed E-state index contributed by atoms with van der Waals surface area (Å²) >= 11 is 0. The predicted molar refractivity (Wildman–Crippen MR) is 44.5 cm³/mol. The second-order valence-corrected chi connectivity index (χ2v) is 2.58. The van der Waals surface area contributed by atoms with E-state index in [4.69, 9.17) is 5.73 Å². The van der Waals surface area contributed by atoms with E-state index in [-0.39, 0.29) is 24.3 Å². The summed E-state index contributed by atoms with van der Waals surface area (Å²) in [6, 6.07) is 0. The molecule has 0 aliphatic heterocycles. The normalized spacial score (nSPS) is 33.5. The number of carbonyl (C=O) groups is 1. The van der Waals surface area contributed by atoms with Crippen LogP contribution in [-0.2, 0) is 9.53 Å². The van der Waals surface area contributed by atoms with E-state index >= 15 is 0 Å². The highest BCUT2D eigenvalue weighted by Gasteiger charge is 2.56. The second-order valence-electron chi connectivity index (χ2n) is 2.58. The van der Waals surface area contributed by atoms with Crippen LogP contribution in [-0.4, -0.2) is 18.6 Å². The molecule has 2 atom stereocenters. The van der Waals surface area contributed by atoms with Crippen molar-refractivity contribution in [1.29, 1.82) is 0 Å². The number of halogens is 1. The summed E-state index contributed by atoms with van der Waals surface area (Å²) in [5.41, 5.74) is 4.86. The number of ether oxygens (including phenoxy) is 1. The molecule has 0 aromatic rings. The summed E-state index contributed by atoms with van der Waals surface area (Å²) in [6.07, 6.45) is 2.36. The third-order valence-electron chi connectivity index (χ3n) is 1.91. The zero-order chi connectivity index (χ0) is 7.78. The molecular weight excluding hydrogens is 166 g/mol. The van der Waals surface area contributed by atoms with E-state index < -0.39 is 5.54 Å². The molecule has 0 radical (unpaired) electrons. The van der Waals surface area contributed by atoms with E-state index in [1.165, 1.54) is 7.11 Å². The van der Waals surface area contributed by atoms with Crippen LogP contribution in [0.2, 0.25) is 0 Å². The third-order valence-corrected chi connectivity index (χ3v) is 1.91. The fourth-order valence-corrected chi connectivity index (χ4v) is 1.02. The molecule has 2 N–H and O–H groups in total. The largest absolute Gasteiger partial charge is 0.468 e. The van der Waals surface area contributed by atoms with Crippen molar-refractivity contribution >= 4 is 18.4 Å². The topological polar surface area (TPSA) is 52.3 Å². The molecule has 1 saturated carbocycles. The zero-order valence-corrected chi connectivity index (χ0v) is 7.19. The van der Waals surface area contributed by atoms with E-state index in [1.54, 1.807) is 6.08 Å². The lowest BCUT2D eigenvalue weighted by atomic mass is 10.2. The maximum absolute atomic E-state index is 10.9. The molecule has 0 heterocycles. The van der Waals surface area contributed by atoms with Crippen molar-refractivity contribution in [2.45, 2.75) is 12.0 Å². The zero-order valence-electron chi connectivity index (χ0n) is 6.37. The number of hydrogen-bond acceptors (Lipinski definition) is 3. The minimum absolute atomic E-state index is 0. The van der Waals surface area contributed by atoms with Crippen molar-refractivity contribution < 1.29 is 9.53 Å². The van der Waals surface area contributed by atoms with Crippen LogP contribution < -0.4 is 5.73 Å². The SMILES string of the molecule is C=CC1CC1(N)C(=O)OC.Cl. The summed E-state index contributed by atoms with van der Waals surface area (Å²) < 4.78 is 4.50. The van der Waals surface area contributed by atoms with E-state index in [2.05, 4.69) is 11.3 Å². The van der Waals surface area contributed by atoms with Crippen LogP contribution in [0.5, 0.6) is 0 Å². The molecule has 0 bridgehead atoms. The highest BCUT2D eigenvalue weighted by Crippen LogP contribution is 2.42. The van der Waals surface area contributed by atoms with Gasteiger partial charge in [0.05, 0.1) is 7.11 Å². The predicted octanol–water partition coefficient (Wildman–Crippen LogP) is 0.485. The first-order chi connectivity index (χ1) is 4.65. The molecule has 4 heteroatoms. The van der Waals surface area contributed by atoms with E-state index in [0.717, 1.165) is 0 Å². The third kappa shape index (κ3) is 1.54. The Bertz CT molecular complexity index is 183. The van der Waals surface area contributed by atoms with E-state index in [0.29, 0.717) is 6.42 Å². The van der Waals surface area contributed by atoms with E-state index in [9.17, 15) is 4.79 Å². The molecule has 0 spiro atoms. The summed E-state index contributed by atoms with van der Waals surface area (Å²) in [5, 5.41) is 0. The van der Waals surface area contributed by atoms with Crippen LogP contribution in [0.1, 0.15) is 6.42 Å². The highest BCUT2D eigenvalue weighted by molar-refractivity contribution is 5.85. The molecule has 0 aromatic heterocycles. The Balaban J connectivity index is 0.000001000. The van der Waals surface area contributed by atoms with Gasteiger partial charge < -0.3 is 10.5 Å². The first kappa shape index (κ1) is 10.5. The molecule has 1 fully saturated rings. The Morgan fingerprint density at radius 1 is 1.91 bits per heavy atom. The maximum atomic E-state index is 10.9. The average molecular weight is 178 g/mol. The van der Waals surface area contributed by atoms with E-state index in [1.807, 2.05) is 0 Å². The van der Waals surface area contributed by atoms with Crippen molar-refractivity contribution in [2.75, 3.05) is 7.11 Å². The highest BCUT2D eigenvalue weighted by atomic mass is 35.5. The summed E-state index contributed by atoms with van der Waals surface area (Å²) in [7, 11) is 1.34. The van der Waals surface area contributed by atoms with Gasteiger partial charge in [0.15, 0.2) is 0 Å². The Labute approximate surface area is 72.0 Å². The maximum Gasteiger partial charge on any atom is 0.326 e. The fraction of sp³-hybridized carbons (Fsp3) is 0.571. The second kappa shape index (κ2) is 3.24. The molecule has 0 amide bonds. The number of hydrogen-bond donors (Lipinski definition) is 1. The Morgan fingerprint density at radius 2 is 2.45 bits per heavy atom. The number of nitrogens with two attached hydrogens (primary N) is 1. The van der Waals surface area contributed by atoms with Gasteiger partial charge in [-0.05, 0) is 6.42 Å². The van der Waals surface area contributed by atoms with Gasteiger partial charge in [-0.3, -0.25) is 4.79 Å². The van der Waals surface area contributed by atoms with Gasteiger partial charge in [0.25, 0.3) is 0 Å². The van der Waals surface area contributed by atoms with Crippen LogP contribution in [0.4, 0.5) is 0 Å². The Morgan fingerprint density at radius 3 is 2.73 bits per heavy atom. The smallest absolute Gasteiger partial charge is 0.326 e. The number of carbonyl (C=O) groups excluding carboxylic acids is 1. The molecule has 3 nitrogen and oxygen atoms in total. The van der Waals surface area contributed by atoms with Crippen molar-refractivity contribution in [1.82, 2.24) is 0 Å². The first-order valence-corrected chi connectivity index (χ1v) is 3.15. The van der Waals surface area contributed by atoms with Crippen LogP contribution in [0, 0.1) is 5.92 Å². The van der Waals surface area contributed by atoms with Crippen molar-refractivity contribution in [3.05, 3.63) is 12.7 Å². The monoisotopic (exact) mass is 177 g/mol. The molecule has 0 aromatic carbocycles. The van der Waals surface area contributed by atoms with Crippen molar-refractivity contribution in [3.63, 3.8) is 0 Å². The fourth-order valence-electron chi connectivity index (χ4n) is 1.02. The Kier molecular flexibility index (Phi) is 3.08. The van der Waals surface area contributed by atoms with Gasteiger partial charge in [0, 0.05) is 5.92 Å². The van der Waals surface area contributed by atoms with Crippen LogP contribution in [0.3, 0.4) is 0 Å². The number of rotatable bonds is 2. The summed E-state index contributed by atoms with van der Waals surface area (Å²) in [6.45, 7) is 3.55. The van der Waals surface area contributed by atoms with Gasteiger partial charge in [0.2, 0.25) is 0 Å². The van der Waals surface area contributed by atoms with Crippen LogP contribution >= 0.6 is 12.4 Å². The van der Waals surface area contributed by atoms with Gasteiger partial charge in [-0.15, -0.1) is 19.0 Å². The first-order valence-electron chi connectivity index (χ1n) is 3.15. The number of esters is 1. The molecule has 0 saturated heterocycles. The molecule has 1 rings (SSSR count).